The molecule has 0 amide bonds. The first-order valence-electron chi connectivity index (χ1n) is 8.19. The van der Waals surface area contributed by atoms with E-state index in [1.807, 2.05) is 0 Å². The van der Waals surface area contributed by atoms with E-state index in [4.69, 9.17) is 4.74 Å². The third kappa shape index (κ3) is 5.21. The first-order chi connectivity index (χ1) is 11.9. The van der Waals surface area contributed by atoms with E-state index < -0.39 is 12.2 Å². The summed E-state index contributed by atoms with van der Waals surface area (Å²) >= 11 is 0. The van der Waals surface area contributed by atoms with Crippen LogP contribution in [0, 0.1) is 23.2 Å². The summed E-state index contributed by atoms with van der Waals surface area (Å²) in [4.78, 5) is 7.39. The third-order valence-electron chi connectivity index (χ3n) is 3.66. The number of alkyl halides is 2. The Morgan fingerprint density at radius 1 is 1.20 bits per heavy atom. The second kappa shape index (κ2) is 8.52. The normalized spacial score (nSPS) is 12.2. The molecule has 25 heavy (non-hydrogen) atoms. The Balaban J connectivity index is 2.19. The predicted molar refractivity (Wildman–Crippen MR) is 91.3 cm³/mol. The zero-order chi connectivity index (χ0) is 18.4. The molecule has 1 aromatic carbocycles. The van der Waals surface area contributed by atoms with E-state index in [-0.39, 0.29) is 0 Å². The van der Waals surface area contributed by atoms with Crippen LogP contribution in [0.4, 0.5) is 8.78 Å². The van der Waals surface area contributed by atoms with Crippen molar-refractivity contribution in [1.82, 2.24) is 9.97 Å². The molecule has 1 aromatic heterocycles. The molecule has 6 heteroatoms. The minimum atomic E-state index is -2.74. The summed E-state index contributed by atoms with van der Waals surface area (Å²) in [5, 5.41) is 9.36. The molecule has 0 bridgehead atoms. The van der Waals surface area contributed by atoms with Crippen LogP contribution in [0.25, 0.3) is 11.3 Å². The quantitative estimate of drug-likeness (QED) is 0.707. The zero-order valence-electron chi connectivity index (χ0n) is 14.5. The molecule has 0 aliphatic heterocycles. The highest BCUT2D eigenvalue weighted by molar-refractivity contribution is 5.64. The Morgan fingerprint density at radius 3 is 2.60 bits per heavy atom. The number of nitriles is 1. The summed E-state index contributed by atoms with van der Waals surface area (Å²) in [5.74, 6) is 0.920. The third-order valence-corrected chi connectivity index (χ3v) is 3.66. The predicted octanol–water partition coefficient (Wildman–Crippen LogP) is 5.01. The molecular formula is C19H21F2N3O. The van der Waals surface area contributed by atoms with E-state index in [1.54, 1.807) is 18.2 Å². The minimum absolute atomic E-state index is 0.349. The number of rotatable bonds is 7. The lowest BCUT2D eigenvalue weighted by atomic mass is 10.00. The van der Waals surface area contributed by atoms with E-state index in [0.29, 0.717) is 41.0 Å². The van der Waals surface area contributed by atoms with Gasteiger partial charge in [-0.1, -0.05) is 20.8 Å². The smallest absolute Gasteiger partial charge is 0.297 e. The Morgan fingerprint density at radius 2 is 1.96 bits per heavy atom. The molecule has 0 aliphatic carbocycles. The SMILES string of the molecule is CC(C)C[C@@H](C)COc1ccc(-c2ccnc(C(F)F)n2)cc1C#N. The second-order valence-electron chi connectivity index (χ2n) is 6.47. The van der Waals surface area contributed by atoms with Gasteiger partial charge in [-0.2, -0.15) is 5.26 Å². The Kier molecular flexibility index (Phi) is 6.40. The number of benzene rings is 1. The summed E-state index contributed by atoms with van der Waals surface area (Å²) in [7, 11) is 0. The van der Waals surface area contributed by atoms with Crippen molar-refractivity contribution in [1.29, 1.82) is 5.26 Å². The largest absolute Gasteiger partial charge is 0.492 e. The molecule has 1 atom stereocenters. The summed E-state index contributed by atoms with van der Waals surface area (Å²) < 4.78 is 31.3. The van der Waals surface area contributed by atoms with Crippen LogP contribution >= 0.6 is 0 Å². The summed E-state index contributed by atoms with van der Waals surface area (Å²) in [6.07, 6.45) is -0.411. The van der Waals surface area contributed by atoms with Gasteiger partial charge in [0.2, 0.25) is 0 Å². The lowest BCUT2D eigenvalue weighted by molar-refractivity contribution is 0.140. The van der Waals surface area contributed by atoms with Gasteiger partial charge in [-0.25, -0.2) is 18.7 Å². The Bertz CT molecular complexity index is 757. The van der Waals surface area contributed by atoms with Crippen LogP contribution in [0.3, 0.4) is 0 Å². The number of ether oxygens (including phenoxy) is 1. The van der Waals surface area contributed by atoms with Gasteiger partial charge in [0.15, 0.2) is 5.82 Å². The number of aromatic nitrogens is 2. The summed E-state index contributed by atoms with van der Waals surface area (Å²) in [6.45, 7) is 6.94. The fraction of sp³-hybridized carbons (Fsp3) is 0.421. The van der Waals surface area contributed by atoms with Crippen molar-refractivity contribution in [3.05, 3.63) is 41.9 Å². The Labute approximate surface area is 146 Å². The van der Waals surface area contributed by atoms with E-state index in [2.05, 4.69) is 36.8 Å². The minimum Gasteiger partial charge on any atom is -0.492 e. The Hall–Kier alpha value is -2.55. The highest BCUT2D eigenvalue weighted by Crippen LogP contribution is 2.27. The summed E-state index contributed by atoms with van der Waals surface area (Å²) in [5.41, 5.74) is 1.27. The average Bonchev–Trinajstić information content (AvgIpc) is 2.59. The van der Waals surface area contributed by atoms with Gasteiger partial charge in [0, 0.05) is 11.8 Å². The molecule has 0 aliphatic rings. The first-order valence-corrected chi connectivity index (χ1v) is 8.19. The van der Waals surface area contributed by atoms with Crippen molar-refractivity contribution in [2.75, 3.05) is 6.61 Å². The first kappa shape index (κ1) is 18.8. The van der Waals surface area contributed by atoms with E-state index in [0.717, 1.165) is 6.42 Å². The second-order valence-corrected chi connectivity index (χ2v) is 6.47. The molecule has 0 radical (unpaired) electrons. The van der Waals surface area contributed by atoms with E-state index >= 15 is 0 Å². The maximum atomic E-state index is 12.7. The topological polar surface area (TPSA) is 58.8 Å². The van der Waals surface area contributed by atoms with Crippen molar-refractivity contribution >= 4 is 0 Å². The molecule has 132 valence electrons. The molecule has 0 unspecified atom stereocenters. The van der Waals surface area contributed by atoms with Crippen LogP contribution in [-0.2, 0) is 0 Å². The fourth-order valence-corrected chi connectivity index (χ4v) is 2.65. The van der Waals surface area contributed by atoms with Gasteiger partial charge in [-0.05, 0) is 42.5 Å². The van der Waals surface area contributed by atoms with Crippen LogP contribution in [0.5, 0.6) is 5.75 Å². The van der Waals surface area contributed by atoms with Crippen LogP contribution in [-0.4, -0.2) is 16.6 Å². The molecule has 1 heterocycles. The highest BCUT2D eigenvalue weighted by atomic mass is 19.3. The van der Waals surface area contributed by atoms with Crippen LogP contribution in [0.15, 0.2) is 30.5 Å². The number of nitrogens with zero attached hydrogens (tertiary/aromatic N) is 3. The van der Waals surface area contributed by atoms with Crippen molar-refractivity contribution in [3.63, 3.8) is 0 Å². The van der Waals surface area contributed by atoms with E-state index in [9.17, 15) is 14.0 Å². The molecule has 0 fully saturated rings. The van der Waals surface area contributed by atoms with Crippen molar-refractivity contribution < 1.29 is 13.5 Å². The molecule has 2 rings (SSSR count). The maximum Gasteiger partial charge on any atom is 0.297 e. The van der Waals surface area contributed by atoms with Gasteiger partial charge in [0.1, 0.15) is 11.8 Å². The lowest BCUT2D eigenvalue weighted by Crippen LogP contribution is -2.11. The van der Waals surface area contributed by atoms with Gasteiger partial charge >= 0.3 is 0 Å². The molecule has 0 saturated heterocycles. The molecule has 0 spiro atoms. The standard InChI is InChI=1S/C19H21F2N3O/c1-12(2)8-13(3)11-25-17-5-4-14(9-15(17)10-22)16-6-7-23-19(24-16)18(20)21/h4-7,9,12-13,18H,8,11H2,1-3H3/t13-/m1/s1. The van der Waals surface area contributed by atoms with Crippen molar-refractivity contribution in [2.45, 2.75) is 33.6 Å². The van der Waals surface area contributed by atoms with E-state index in [1.165, 1.54) is 12.3 Å². The fourth-order valence-electron chi connectivity index (χ4n) is 2.65. The van der Waals surface area contributed by atoms with Crippen LogP contribution < -0.4 is 4.74 Å². The molecule has 0 N–H and O–H groups in total. The van der Waals surface area contributed by atoms with Gasteiger partial charge < -0.3 is 4.74 Å². The molecule has 2 aromatic rings. The number of hydrogen-bond donors (Lipinski definition) is 0. The highest BCUT2D eigenvalue weighted by Gasteiger charge is 2.14. The van der Waals surface area contributed by atoms with Crippen molar-refractivity contribution in [2.24, 2.45) is 11.8 Å². The number of halogens is 2. The average molecular weight is 345 g/mol. The molecule has 4 nitrogen and oxygen atoms in total. The maximum absolute atomic E-state index is 12.7. The lowest BCUT2D eigenvalue weighted by Gasteiger charge is -2.16. The molecule has 0 saturated carbocycles. The van der Waals surface area contributed by atoms with Gasteiger partial charge in [0.05, 0.1) is 17.9 Å². The van der Waals surface area contributed by atoms with Gasteiger partial charge in [-0.3, -0.25) is 0 Å². The van der Waals surface area contributed by atoms with Gasteiger partial charge in [-0.15, -0.1) is 0 Å². The summed E-state index contributed by atoms with van der Waals surface area (Å²) in [6, 6.07) is 8.61. The number of hydrogen-bond acceptors (Lipinski definition) is 4. The zero-order valence-corrected chi connectivity index (χ0v) is 14.5. The van der Waals surface area contributed by atoms with Crippen molar-refractivity contribution in [3.8, 4) is 23.1 Å². The monoisotopic (exact) mass is 345 g/mol. The van der Waals surface area contributed by atoms with Gasteiger partial charge in [0.25, 0.3) is 6.43 Å². The van der Waals surface area contributed by atoms with Crippen LogP contribution in [0.2, 0.25) is 0 Å². The molecular weight excluding hydrogens is 324 g/mol. The van der Waals surface area contributed by atoms with Crippen LogP contribution in [0.1, 0.15) is 45.0 Å².